The van der Waals surface area contributed by atoms with E-state index in [1.54, 1.807) is 24.8 Å². The summed E-state index contributed by atoms with van der Waals surface area (Å²) in [6, 6.07) is 56.1. The maximum absolute atomic E-state index is 5.16. The summed E-state index contributed by atoms with van der Waals surface area (Å²) in [4.78, 5) is 24.1. The van der Waals surface area contributed by atoms with E-state index in [2.05, 4.69) is 162 Å². The van der Waals surface area contributed by atoms with Gasteiger partial charge in [-0.1, -0.05) is 129 Å². The second kappa shape index (κ2) is 13.3. The molecule has 10 aromatic rings. The molecule has 6 heteroatoms. The molecule has 11 rings (SSSR count). The fourth-order valence-corrected chi connectivity index (χ4v) is 8.98. The summed E-state index contributed by atoms with van der Waals surface area (Å²) in [5.41, 5.74) is 15.3. The lowest BCUT2D eigenvalue weighted by molar-refractivity contribution is 0.664. The van der Waals surface area contributed by atoms with Gasteiger partial charge in [0.15, 0.2) is 17.5 Å². The predicted molar refractivity (Wildman–Crippen MR) is 234 cm³/mol. The van der Waals surface area contributed by atoms with Crippen molar-refractivity contribution in [2.75, 3.05) is 0 Å². The van der Waals surface area contributed by atoms with E-state index in [1.165, 1.54) is 38.5 Å². The molecule has 6 nitrogen and oxygen atoms in total. The van der Waals surface area contributed by atoms with Gasteiger partial charge < -0.3 is 4.57 Å². The number of hydrogen-bond acceptors (Lipinski definition) is 5. The molecule has 6 aromatic carbocycles. The molecular formula is C52H36N6. The third-order valence-electron chi connectivity index (χ3n) is 11.6. The van der Waals surface area contributed by atoms with Crippen molar-refractivity contribution in [1.29, 1.82) is 0 Å². The molecular weight excluding hydrogens is 709 g/mol. The van der Waals surface area contributed by atoms with Crippen LogP contribution in [0.5, 0.6) is 0 Å². The molecule has 0 atom stereocenters. The zero-order chi connectivity index (χ0) is 38.8. The molecule has 58 heavy (non-hydrogen) atoms. The van der Waals surface area contributed by atoms with Crippen LogP contribution in [0.4, 0.5) is 0 Å². The van der Waals surface area contributed by atoms with Crippen molar-refractivity contribution in [2.24, 2.45) is 0 Å². The molecule has 4 aromatic heterocycles. The number of para-hydroxylation sites is 1. The van der Waals surface area contributed by atoms with Gasteiger partial charge in [-0.3, -0.25) is 9.97 Å². The van der Waals surface area contributed by atoms with Gasteiger partial charge in [0.05, 0.1) is 16.7 Å². The molecule has 0 saturated carbocycles. The fraction of sp³-hybridized carbons (Fsp3) is 0.0577. The van der Waals surface area contributed by atoms with Crippen LogP contribution in [0.15, 0.2) is 183 Å². The maximum atomic E-state index is 5.16. The van der Waals surface area contributed by atoms with E-state index in [-0.39, 0.29) is 5.41 Å². The van der Waals surface area contributed by atoms with E-state index in [0.717, 1.165) is 50.1 Å². The van der Waals surface area contributed by atoms with E-state index in [9.17, 15) is 0 Å². The summed E-state index contributed by atoms with van der Waals surface area (Å²) in [6.45, 7) is 4.75. The minimum absolute atomic E-state index is 0.242. The van der Waals surface area contributed by atoms with Crippen LogP contribution in [0.2, 0.25) is 0 Å². The zero-order valence-corrected chi connectivity index (χ0v) is 32.0. The number of fused-ring (bicyclic) bond motifs is 7. The number of nitrogens with zero attached hydrogens (tertiary/aromatic N) is 6. The fourth-order valence-electron chi connectivity index (χ4n) is 8.98. The number of pyridine rings is 2. The Bertz CT molecular complexity index is 3060. The molecule has 0 aliphatic heterocycles. The van der Waals surface area contributed by atoms with Gasteiger partial charge in [0.25, 0.3) is 0 Å². The summed E-state index contributed by atoms with van der Waals surface area (Å²) in [7, 11) is 0. The highest BCUT2D eigenvalue weighted by Crippen LogP contribution is 2.54. The number of benzene rings is 6. The minimum Gasteiger partial charge on any atom is -0.308 e. The van der Waals surface area contributed by atoms with E-state index in [4.69, 9.17) is 15.0 Å². The van der Waals surface area contributed by atoms with Crippen molar-refractivity contribution in [2.45, 2.75) is 19.3 Å². The van der Waals surface area contributed by atoms with Crippen molar-refractivity contribution in [1.82, 2.24) is 29.5 Å². The van der Waals surface area contributed by atoms with Gasteiger partial charge >= 0.3 is 0 Å². The minimum atomic E-state index is -0.242. The quantitative estimate of drug-likeness (QED) is 0.170. The van der Waals surface area contributed by atoms with Crippen molar-refractivity contribution < 1.29 is 0 Å². The number of rotatable bonds is 6. The first kappa shape index (κ1) is 33.7. The second-order valence-corrected chi connectivity index (χ2v) is 15.3. The van der Waals surface area contributed by atoms with E-state index < -0.39 is 0 Å². The van der Waals surface area contributed by atoms with E-state index in [0.29, 0.717) is 17.5 Å². The summed E-state index contributed by atoms with van der Waals surface area (Å²) in [6.07, 6.45) is 7.10. The van der Waals surface area contributed by atoms with Gasteiger partial charge in [-0.15, -0.1) is 0 Å². The molecule has 0 saturated heterocycles. The molecule has 0 spiro atoms. The van der Waals surface area contributed by atoms with Crippen molar-refractivity contribution in [3.05, 3.63) is 194 Å². The predicted octanol–water partition coefficient (Wildman–Crippen LogP) is 12.4. The monoisotopic (exact) mass is 744 g/mol. The highest BCUT2D eigenvalue weighted by Gasteiger charge is 2.39. The Balaban J connectivity index is 1.28. The number of aromatic nitrogens is 6. The Morgan fingerprint density at radius 2 is 0.966 bits per heavy atom. The lowest BCUT2D eigenvalue weighted by Gasteiger charge is -2.26. The van der Waals surface area contributed by atoms with Crippen LogP contribution >= 0.6 is 0 Å². The molecule has 0 unspecified atom stereocenters. The van der Waals surface area contributed by atoms with Gasteiger partial charge in [0, 0.05) is 68.8 Å². The average molecular weight is 745 g/mol. The highest BCUT2D eigenvalue weighted by atomic mass is 15.0. The standard InChI is InChI=1S/C52H36N6/c1-52(2)44-23-11-9-21-38(44)40-25-26-41-39-22-10-12-24-45(39)58(48(41)46(40)52)47-42(33-15-5-3-6-16-33)29-37(30-43(47)34-17-7-4-8-18-34)51-56-49(35-19-13-27-53-31-35)55-50(57-51)36-20-14-28-54-32-36/h3-32H,1-2H3. The first-order valence-corrected chi connectivity index (χ1v) is 19.6. The van der Waals surface area contributed by atoms with Crippen molar-refractivity contribution >= 4 is 21.8 Å². The van der Waals surface area contributed by atoms with Gasteiger partial charge in [0.2, 0.25) is 0 Å². The molecule has 0 bridgehead atoms. The Kier molecular flexibility index (Phi) is 7.73. The van der Waals surface area contributed by atoms with Crippen LogP contribution in [-0.2, 0) is 5.41 Å². The topological polar surface area (TPSA) is 69.4 Å². The van der Waals surface area contributed by atoms with Crippen molar-refractivity contribution in [3.8, 4) is 73.2 Å². The van der Waals surface area contributed by atoms with Gasteiger partial charge in [-0.25, -0.2) is 15.0 Å². The Morgan fingerprint density at radius 1 is 0.431 bits per heavy atom. The Morgan fingerprint density at radius 3 is 1.57 bits per heavy atom. The summed E-state index contributed by atoms with van der Waals surface area (Å²) < 4.78 is 2.54. The third-order valence-corrected chi connectivity index (χ3v) is 11.6. The molecule has 0 fully saturated rings. The van der Waals surface area contributed by atoms with E-state index >= 15 is 0 Å². The Labute approximate surface area is 336 Å². The van der Waals surface area contributed by atoms with Crippen LogP contribution in [0.3, 0.4) is 0 Å². The molecule has 4 heterocycles. The smallest absolute Gasteiger partial charge is 0.165 e. The second-order valence-electron chi connectivity index (χ2n) is 15.3. The Hall–Kier alpha value is -7.57. The van der Waals surface area contributed by atoms with Crippen LogP contribution in [-0.4, -0.2) is 29.5 Å². The molecule has 274 valence electrons. The molecule has 0 N–H and O–H groups in total. The van der Waals surface area contributed by atoms with Gasteiger partial charge in [-0.2, -0.15) is 0 Å². The average Bonchev–Trinajstić information content (AvgIpc) is 3.75. The molecule has 0 radical (unpaired) electrons. The normalized spacial score (nSPS) is 12.8. The molecule has 1 aliphatic carbocycles. The van der Waals surface area contributed by atoms with Crippen molar-refractivity contribution in [3.63, 3.8) is 0 Å². The zero-order valence-electron chi connectivity index (χ0n) is 32.0. The lowest BCUT2D eigenvalue weighted by atomic mass is 9.81. The van der Waals surface area contributed by atoms with Crippen LogP contribution in [0.1, 0.15) is 25.0 Å². The van der Waals surface area contributed by atoms with Gasteiger partial charge in [-0.05, 0) is 75.8 Å². The largest absolute Gasteiger partial charge is 0.308 e. The van der Waals surface area contributed by atoms with E-state index in [1.807, 2.05) is 24.3 Å². The summed E-state index contributed by atoms with van der Waals surface area (Å²) >= 11 is 0. The van der Waals surface area contributed by atoms with Gasteiger partial charge in [0.1, 0.15) is 0 Å². The first-order valence-electron chi connectivity index (χ1n) is 19.6. The summed E-state index contributed by atoms with van der Waals surface area (Å²) in [5.74, 6) is 1.65. The molecule has 0 amide bonds. The van der Waals surface area contributed by atoms with Crippen LogP contribution < -0.4 is 0 Å². The van der Waals surface area contributed by atoms with Crippen LogP contribution in [0, 0.1) is 0 Å². The highest BCUT2D eigenvalue weighted by molar-refractivity contribution is 6.14. The number of hydrogen-bond donors (Lipinski definition) is 0. The van der Waals surface area contributed by atoms with Crippen LogP contribution in [0.25, 0.3) is 95.0 Å². The SMILES string of the molecule is CC1(C)c2ccccc2-c2ccc3c4ccccc4n(-c4c(-c5ccccc5)cc(-c5nc(-c6cccnc6)nc(-c6cccnc6)n5)cc4-c4ccccc4)c3c21. The summed E-state index contributed by atoms with van der Waals surface area (Å²) in [5, 5.41) is 2.45. The maximum Gasteiger partial charge on any atom is 0.165 e. The lowest BCUT2D eigenvalue weighted by Crippen LogP contribution is -2.16. The third kappa shape index (κ3) is 5.30. The molecule has 1 aliphatic rings. The first-order chi connectivity index (χ1) is 28.5.